The van der Waals surface area contributed by atoms with E-state index in [9.17, 15) is 0 Å². The molecule has 3 rings (SSSR count). The van der Waals surface area contributed by atoms with Gasteiger partial charge in [-0.3, -0.25) is 4.99 Å². The number of guanidine groups is 1. The summed E-state index contributed by atoms with van der Waals surface area (Å²) in [5.41, 5.74) is 0.371. The van der Waals surface area contributed by atoms with Gasteiger partial charge in [-0.25, -0.2) is 4.98 Å². The molecule has 0 bridgehead atoms. The van der Waals surface area contributed by atoms with Crippen LogP contribution >= 0.6 is 35.5 Å². The molecule has 0 atom stereocenters. The first-order valence-electron chi connectivity index (χ1n) is 10.8. The molecule has 2 aliphatic rings. The van der Waals surface area contributed by atoms with E-state index in [0.717, 1.165) is 75.7 Å². The third-order valence-corrected chi connectivity index (χ3v) is 6.92. The number of piperazine rings is 1. The van der Waals surface area contributed by atoms with Crippen LogP contribution in [0.3, 0.4) is 0 Å². The van der Waals surface area contributed by atoms with Crippen molar-refractivity contribution in [3.63, 3.8) is 0 Å². The molecule has 9 heteroatoms. The highest BCUT2D eigenvalue weighted by molar-refractivity contribution is 14.0. The van der Waals surface area contributed by atoms with Crippen molar-refractivity contribution in [3.8, 4) is 0 Å². The van der Waals surface area contributed by atoms with Crippen LogP contribution < -0.4 is 10.2 Å². The lowest BCUT2D eigenvalue weighted by molar-refractivity contribution is 0.104. The van der Waals surface area contributed by atoms with Crippen LogP contribution in [0, 0.1) is 5.41 Å². The van der Waals surface area contributed by atoms with E-state index in [1.807, 2.05) is 7.05 Å². The van der Waals surface area contributed by atoms with E-state index in [1.54, 1.807) is 0 Å². The van der Waals surface area contributed by atoms with Gasteiger partial charge < -0.3 is 19.9 Å². The van der Waals surface area contributed by atoms with Gasteiger partial charge in [0.25, 0.3) is 0 Å². The third kappa shape index (κ3) is 6.65. The van der Waals surface area contributed by atoms with Crippen LogP contribution in [0.1, 0.15) is 51.8 Å². The Labute approximate surface area is 196 Å². The highest BCUT2D eigenvalue weighted by atomic mass is 127. The number of aromatic nitrogens is 2. The van der Waals surface area contributed by atoms with Gasteiger partial charge in [0.2, 0.25) is 5.13 Å². The van der Waals surface area contributed by atoms with Crippen molar-refractivity contribution < 1.29 is 4.74 Å². The Morgan fingerprint density at radius 3 is 2.52 bits per heavy atom. The first kappa shape index (κ1) is 24.6. The lowest BCUT2D eigenvalue weighted by Gasteiger charge is -2.37. The second-order valence-corrected chi connectivity index (χ2v) is 8.61. The molecule has 0 unspecified atom stereocenters. The SMILES string of the molecule is CCOCCC1(CNC(=NC)N2CCN(c3nc(CC)ns3)CC2)CCCC1.I. The van der Waals surface area contributed by atoms with Gasteiger partial charge in [-0.15, -0.1) is 24.0 Å². The van der Waals surface area contributed by atoms with Crippen molar-refractivity contribution in [2.45, 2.75) is 52.4 Å². The van der Waals surface area contributed by atoms with Gasteiger partial charge in [-0.2, -0.15) is 4.37 Å². The van der Waals surface area contributed by atoms with Crippen LogP contribution in [-0.4, -0.2) is 73.2 Å². The fourth-order valence-corrected chi connectivity index (χ4v) is 5.10. The van der Waals surface area contributed by atoms with Gasteiger partial charge in [-0.1, -0.05) is 19.8 Å². The summed E-state index contributed by atoms with van der Waals surface area (Å²) < 4.78 is 10.1. The molecule has 29 heavy (non-hydrogen) atoms. The average molecular weight is 537 g/mol. The molecule has 2 heterocycles. The quantitative estimate of drug-likeness (QED) is 0.238. The van der Waals surface area contributed by atoms with Crippen LogP contribution in [0.15, 0.2) is 4.99 Å². The summed E-state index contributed by atoms with van der Waals surface area (Å²) in [6.45, 7) is 10.7. The lowest BCUT2D eigenvalue weighted by Crippen LogP contribution is -2.53. The van der Waals surface area contributed by atoms with Gasteiger partial charge >= 0.3 is 0 Å². The van der Waals surface area contributed by atoms with Crippen molar-refractivity contribution in [1.82, 2.24) is 19.6 Å². The van der Waals surface area contributed by atoms with E-state index in [2.05, 4.69) is 43.3 Å². The molecule has 1 aromatic rings. The first-order chi connectivity index (χ1) is 13.7. The molecule has 1 saturated carbocycles. The number of nitrogens with zero attached hydrogens (tertiary/aromatic N) is 5. The van der Waals surface area contributed by atoms with E-state index in [1.165, 1.54) is 37.2 Å². The number of nitrogens with one attached hydrogen (secondary N) is 1. The van der Waals surface area contributed by atoms with Gasteiger partial charge in [-0.05, 0) is 31.6 Å². The molecule has 2 fully saturated rings. The first-order valence-corrected chi connectivity index (χ1v) is 11.6. The van der Waals surface area contributed by atoms with E-state index >= 15 is 0 Å². The summed E-state index contributed by atoms with van der Waals surface area (Å²) in [7, 11) is 1.90. The number of aryl methyl sites for hydroxylation is 1. The van der Waals surface area contributed by atoms with Crippen molar-refractivity contribution in [1.29, 1.82) is 0 Å². The molecular weight excluding hydrogens is 499 g/mol. The molecular formula is C20H37IN6OS. The Morgan fingerprint density at radius 1 is 1.21 bits per heavy atom. The summed E-state index contributed by atoms with van der Waals surface area (Å²) in [6, 6.07) is 0. The normalized spacial score (nSPS) is 19.3. The summed E-state index contributed by atoms with van der Waals surface area (Å²) in [6.07, 6.45) is 7.33. The lowest BCUT2D eigenvalue weighted by atomic mass is 9.83. The Morgan fingerprint density at radius 2 is 1.93 bits per heavy atom. The summed E-state index contributed by atoms with van der Waals surface area (Å²) in [5, 5.41) is 4.75. The zero-order chi connectivity index (χ0) is 19.8. The van der Waals surface area contributed by atoms with Gasteiger partial charge in [0.1, 0.15) is 5.82 Å². The topological polar surface area (TPSA) is 65.9 Å². The number of aliphatic imine (C=N–C) groups is 1. The van der Waals surface area contributed by atoms with Crippen LogP contribution in [0.25, 0.3) is 0 Å². The standard InChI is InChI=1S/C20H36N6OS.HI/c1-4-17-23-19(28-24-17)26-13-11-25(12-14-26)18(21-3)22-16-20(8-6-7-9-20)10-15-27-5-2;/h4-16H2,1-3H3,(H,21,22);1H. The fraction of sp³-hybridized carbons (Fsp3) is 0.850. The predicted molar refractivity (Wildman–Crippen MR) is 132 cm³/mol. The molecule has 0 amide bonds. The monoisotopic (exact) mass is 536 g/mol. The van der Waals surface area contributed by atoms with Crippen LogP contribution in [-0.2, 0) is 11.2 Å². The third-order valence-electron chi connectivity index (χ3n) is 6.10. The Hall–Kier alpha value is -0.680. The number of ether oxygens (including phenoxy) is 1. The molecule has 0 spiro atoms. The number of halogens is 1. The molecule has 166 valence electrons. The van der Waals surface area contributed by atoms with Crippen LogP contribution in [0.4, 0.5) is 5.13 Å². The zero-order valence-corrected chi connectivity index (χ0v) is 21.3. The Bertz CT molecular complexity index is 626. The van der Waals surface area contributed by atoms with E-state index in [-0.39, 0.29) is 24.0 Å². The zero-order valence-electron chi connectivity index (χ0n) is 18.2. The molecule has 1 aliphatic carbocycles. The highest BCUT2D eigenvalue weighted by Crippen LogP contribution is 2.40. The summed E-state index contributed by atoms with van der Waals surface area (Å²) >= 11 is 1.52. The molecule has 0 radical (unpaired) electrons. The maximum atomic E-state index is 5.65. The minimum Gasteiger partial charge on any atom is -0.382 e. The number of anilines is 1. The van der Waals surface area contributed by atoms with E-state index in [0.29, 0.717) is 5.41 Å². The molecule has 1 aromatic heterocycles. The van der Waals surface area contributed by atoms with E-state index in [4.69, 9.17) is 4.74 Å². The molecule has 1 saturated heterocycles. The maximum absolute atomic E-state index is 5.65. The minimum atomic E-state index is 0. The van der Waals surface area contributed by atoms with Crippen molar-refractivity contribution in [3.05, 3.63) is 5.82 Å². The maximum Gasteiger partial charge on any atom is 0.205 e. The second kappa shape index (κ2) is 12.2. The van der Waals surface area contributed by atoms with Crippen LogP contribution in [0.5, 0.6) is 0 Å². The van der Waals surface area contributed by atoms with Crippen molar-refractivity contribution in [2.24, 2.45) is 10.4 Å². The van der Waals surface area contributed by atoms with Gasteiger partial charge in [0.05, 0.1) is 0 Å². The second-order valence-electron chi connectivity index (χ2n) is 7.88. The summed E-state index contributed by atoms with van der Waals surface area (Å²) in [4.78, 5) is 13.9. The summed E-state index contributed by atoms with van der Waals surface area (Å²) in [5.74, 6) is 1.99. The number of rotatable bonds is 8. The average Bonchev–Trinajstić information content (AvgIpc) is 3.39. The molecule has 1 N–H and O–H groups in total. The molecule has 7 nitrogen and oxygen atoms in total. The predicted octanol–water partition coefficient (Wildman–Crippen LogP) is 3.40. The fourth-order valence-electron chi connectivity index (χ4n) is 4.30. The van der Waals surface area contributed by atoms with Crippen LogP contribution in [0.2, 0.25) is 0 Å². The van der Waals surface area contributed by atoms with Gasteiger partial charge in [0.15, 0.2) is 5.96 Å². The van der Waals surface area contributed by atoms with E-state index < -0.39 is 0 Å². The molecule has 1 aliphatic heterocycles. The Kier molecular flexibility index (Phi) is 10.4. The van der Waals surface area contributed by atoms with Crippen molar-refractivity contribution in [2.75, 3.05) is 57.9 Å². The van der Waals surface area contributed by atoms with Crippen molar-refractivity contribution >= 4 is 46.6 Å². The molecule has 0 aromatic carbocycles. The smallest absolute Gasteiger partial charge is 0.205 e. The number of hydrogen-bond acceptors (Lipinski definition) is 6. The highest BCUT2D eigenvalue weighted by Gasteiger charge is 2.34. The van der Waals surface area contributed by atoms with Gasteiger partial charge in [0, 0.05) is 70.9 Å². The number of hydrogen-bond donors (Lipinski definition) is 1. The Balaban J connectivity index is 0.00000300. The largest absolute Gasteiger partial charge is 0.382 e. The minimum absolute atomic E-state index is 0.